The van der Waals surface area contributed by atoms with Crippen LogP contribution in [-0.4, -0.2) is 32.8 Å². The van der Waals surface area contributed by atoms with Gasteiger partial charge in [-0.1, -0.05) is 30.3 Å². The second-order valence-corrected chi connectivity index (χ2v) is 7.17. The Labute approximate surface area is 162 Å². The average Bonchev–Trinajstić information content (AvgIpc) is 3.44. The molecule has 7 nitrogen and oxygen atoms in total. The molecule has 7 heteroatoms. The van der Waals surface area contributed by atoms with Crippen LogP contribution in [-0.2, 0) is 6.54 Å². The zero-order valence-corrected chi connectivity index (χ0v) is 15.5. The van der Waals surface area contributed by atoms with E-state index in [1.54, 1.807) is 17.3 Å². The number of nitrogens with zero attached hydrogens (tertiary/aromatic N) is 4. The number of fused-ring (bicyclic) bond motifs is 1. The maximum Gasteiger partial charge on any atom is 0.143 e. The Morgan fingerprint density at radius 2 is 2.11 bits per heavy atom. The largest absolute Gasteiger partial charge is 0.464 e. The summed E-state index contributed by atoms with van der Waals surface area (Å²) in [5.74, 6) is 0. The molecule has 2 aromatic carbocycles. The molecule has 2 N–H and O–H groups in total. The van der Waals surface area contributed by atoms with Gasteiger partial charge in [-0.15, -0.1) is 5.10 Å². The maximum absolute atomic E-state index is 5.76. The summed E-state index contributed by atoms with van der Waals surface area (Å²) in [6, 6.07) is 17.4. The van der Waals surface area contributed by atoms with Crippen molar-refractivity contribution in [2.75, 3.05) is 6.54 Å². The highest BCUT2D eigenvalue weighted by molar-refractivity contribution is 5.82. The van der Waals surface area contributed by atoms with Crippen LogP contribution in [0.3, 0.4) is 0 Å². The van der Waals surface area contributed by atoms with Crippen LogP contribution in [0.2, 0.25) is 0 Å². The summed E-state index contributed by atoms with van der Waals surface area (Å²) in [5.41, 5.74) is 4.26. The van der Waals surface area contributed by atoms with Crippen LogP contribution in [0.15, 0.2) is 65.5 Å². The third-order valence-corrected chi connectivity index (χ3v) is 5.40. The highest BCUT2D eigenvalue weighted by Gasteiger charge is 2.25. The van der Waals surface area contributed by atoms with Gasteiger partial charge in [-0.05, 0) is 53.6 Å². The van der Waals surface area contributed by atoms with Gasteiger partial charge in [0.1, 0.15) is 11.9 Å². The van der Waals surface area contributed by atoms with Crippen molar-refractivity contribution in [3.8, 4) is 5.69 Å². The Balaban J connectivity index is 1.41. The second-order valence-electron chi connectivity index (χ2n) is 7.17. The van der Waals surface area contributed by atoms with E-state index in [-0.39, 0.29) is 0 Å². The van der Waals surface area contributed by atoms with Gasteiger partial charge in [0.25, 0.3) is 0 Å². The van der Waals surface area contributed by atoms with Crippen molar-refractivity contribution in [1.29, 1.82) is 0 Å². The zero-order chi connectivity index (χ0) is 18.8. The summed E-state index contributed by atoms with van der Waals surface area (Å²) in [6.45, 7) is 1.77. The van der Waals surface area contributed by atoms with Crippen LogP contribution >= 0.6 is 0 Å². The van der Waals surface area contributed by atoms with E-state index < -0.39 is 0 Å². The molecule has 28 heavy (non-hydrogen) atoms. The first-order valence-electron chi connectivity index (χ1n) is 9.64. The number of nitrogens with one attached hydrogen (secondary N) is 2. The van der Waals surface area contributed by atoms with Crippen LogP contribution in [0.5, 0.6) is 0 Å². The van der Waals surface area contributed by atoms with E-state index in [1.807, 2.05) is 12.1 Å². The molecule has 3 heterocycles. The Morgan fingerprint density at radius 3 is 2.96 bits per heavy atom. The molecule has 0 radical (unpaired) electrons. The van der Waals surface area contributed by atoms with Crippen LogP contribution < -0.4 is 10.6 Å². The Bertz CT molecular complexity index is 1040. The van der Waals surface area contributed by atoms with Crippen molar-refractivity contribution < 1.29 is 4.42 Å². The standard InChI is InChI=1S/C21H22N6O/c1-2-5-15(6-3-1)20-19(7-4-9-22-20)23-13-17-12-18(27-14-24-25-26-27)11-16-8-10-28-21(16)17/h1-3,5-6,8,10-12,14,19-20,22-23H,4,7,9,13H2/t19-,20-/m0/s1. The molecular weight excluding hydrogens is 352 g/mol. The zero-order valence-electron chi connectivity index (χ0n) is 15.5. The van der Waals surface area contributed by atoms with Crippen molar-refractivity contribution in [3.63, 3.8) is 0 Å². The summed E-state index contributed by atoms with van der Waals surface area (Å²) < 4.78 is 7.43. The van der Waals surface area contributed by atoms with Gasteiger partial charge in [0.05, 0.1) is 12.0 Å². The van der Waals surface area contributed by atoms with E-state index in [9.17, 15) is 0 Å². The minimum atomic E-state index is 0.310. The fourth-order valence-electron chi connectivity index (χ4n) is 4.04. The number of piperidine rings is 1. The molecule has 0 spiro atoms. The van der Waals surface area contributed by atoms with E-state index in [0.29, 0.717) is 12.1 Å². The quantitative estimate of drug-likeness (QED) is 0.559. The maximum atomic E-state index is 5.76. The molecule has 0 aliphatic carbocycles. The molecule has 0 saturated carbocycles. The van der Waals surface area contributed by atoms with Gasteiger partial charge in [-0.25, -0.2) is 4.68 Å². The molecule has 5 rings (SSSR count). The number of benzene rings is 2. The lowest BCUT2D eigenvalue weighted by atomic mass is 9.92. The first-order chi connectivity index (χ1) is 13.9. The molecule has 1 fully saturated rings. The monoisotopic (exact) mass is 374 g/mol. The lowest BCUT2D eigenvalue weighted by molar-refractivity contribution is 0.304. The number of aromatic nitrogens is 4. The van der Waals surface area contributed by atoms with E-state index in [2.05, 4.69) is 62.6 Å². The third-order valence-electron chi connectivity index (χ3n) is 5.40. The average molecular weight is 374 g/mol. The van der Waals surface area contributed by atoms with Crippen LogP contribution in [0.4, 0.5) is 0 Å². The Morgan fingerprint density at radius 1 is 1.18 bits per heavy atom. The molecule has 142 valence electrons. The second kappa shape index (κ2) is 7.53. The number of rotatable bonds is 5. The SMILES string of the molecule is c1ccc([C@@H]2NCCC[C@@H]2NCc2cc(-n3cnnn3)cc3ccoc23)cc1. The molecule has 2 aromatic heterocycles. The topological polar surface area (TPSA) is 80.8 Å². The number of furan rings is 1. The summed E-state index contributed by atoms with van der Waals surface area (Å²) in [4.78, 5) is 0. The molecule has 1 aliphatic rings. The van der Waals surface area contributed by atoms with Crippen molar-refractivity contribution >= 4 is 11.0 Å². The van der Waals surface area contributed by atoms with Crippen LogP contribution in [0, 0.1) is 0 Å². The van der Waals surface area contributed by atoms with Crippen LogP contribution in [0.1, 0.15) is 30.0 Å². The molecule has 4 aromatic rings. The lowest BCUT2D eigenvalue weighted by Crippen LogP contribution is -2.45. The highest BCUT2D eigenvalue weighted by Crippen LogP contribution is 2.27. The summed E-state index contributed by atoms with van der Waals surface area (Å²) in [5, 5.41) is 20.0. The highest BCUT2D eigenvalue weighted by atomic mass is 16.3. The van der Waals surface area contributed by atoms with Gasteiger partial charge in [-0.3, -0.25) is 0 Å². The number of hydrogen-bond donors (Lipinski definition) is 2. The van der Waals surface area contributed by atoms with Gasteiger partial charge in [-0.2, -0.15) is 0 Å². The molecule has 1 aliphatic heterocycles. The Hall–Kier alpha value is -3.03. The molecule has 0 bridgehead atoms. The van der Waals surface area contributed by atoms with E-state index >= 15 is 0 Å². The number of tetrazole rings is 1. The molecule has 0 unspecified atom stereocenters. The molecule has 0 amide bonds. The number of hydrogen-bond acceptors (Lipinski definition) is 6. The summed E-state index contributed by atoms with van der Waals surface area (Å²) in [6.07, 6.45) is 5.64. The summed E-state index contributed by atoms with van der Waals surface area (Å²) >= 11 is 0. The first-order valence-corrected chi connectivity index (χ1v) is 9.64. The van der Waals surface area contributed by atoms with Gasteiger partial charge < -0.3 is 15.1 Å². The molecular formula is C21H22N6O. The summed E-state index contributed by atoms with van der Waals surface area (Å²) in [7, 11) is 0. The normalized spacial score (nSPS) is 19.9. The van der Waals surface area contributed by atoms with E-state index in [0.717, 1.165) is 41.7 Å². The molecule has 1 saturated heterocycles. The van der Waals surface area contributed by atoms with Crippen molar-refractivity contribution in [2.45, 2.75) is 31.5 Å². The minimum Gasteiger partial charge on any atom is -0.464 e. The van der Waals surface area contributed by atoms with Crippen LogP contribution in [0.25, 0.3) is 16.7 Å². The first kappa shape index (κ1) is 17.1. The van der Waals surface area contributed by atoms with E-state index in [1.165, 1.54) is 12.0 Å². The predicted octanol–water partition coefficient (Wildman–Crippen LogP) is 2.99. The third kappa shape index (κ3) is 3.30. The fourth-order valence-corrected chi connectivity index (χ4v) is 4.04. The Kier molecular flexibility index (Phi) is 4.60. The van der Waals surface area contributed by atoms with Gasteiger partial charge in [0, 0.05) is 29.6 Å². The van der Waals surface area contributed by atoms with Gasteiger partial charge in [0.15, 0.2) is 0 Å². The van der Waals surface area contributed by atoms with Crippen molar-refractivity contribution in [2.24, 2.45) is 0 Å². The predicted molar refractivity (Wildman–Crippen MR) is 106 cm³/mol. The van der Waals surface area contributed by atoms with E-state index in [4.69, 9.17) is 4.42 Å². The smallest absolute Gasteiger partial charge is 0.143 e. The van der Waals surface area contributed by atoms with Crippen molar-refractivity contribution in [3.05, 3.63) is 72.2 Å². The minimum absolute atomic E-state index is 0.310. The lowest BCUT2D eigenvalue weighted by Gasteiger charge is -2.34. The molecule has 2 atom stereocenters. The van der Waals surface area contributed by atoms with Gasteiger partial charge in [0.2, 0.25) is 0 Å². The van der Waals surface area contributed by atoms with Gasteiger partial charge >= 0.3 is 0 Å². The fraction of sp³-hybridized carbons (Fsp3) is 0.286. The van der Waals surface area contributed by atoms with Crippen molar-refractivity contribution in [1.82, 2.24) is 30.8 Å².